The molecule has 3 aromatic heterocycles. The Bertz CT molecular complexity index is 1600. The second-order valence-electron chi connectivity index (χ2n) is 9.51. The Morgan fingerprint density at radius 2 is 1.94 bits per heavy atom. The molecule has 0 aliphatic carbocycles. The highest BCUT2D eigenvalue weighted by Gasteiger charge is 2.32. The lowest BCUT2D eigenvalue weighted by atomic mass is 10.1. The van der Waals surface area contributed by atoms with Crippen LogP contribution in [0.4, 0.5) is 17.5 Å². The van der Waals surface area contributed by atoms with Gasteiger partial charge in [0, 0.05) is 31.9 Å². The number of aryl methyl sites for hydroxylation is 2. The number of hydrogen-bond donors (Lipinski definition) is 2. The number of rotatable bonds is 5. The topological polar surface area (TPSA) is 114 Å². The zero-order valence-electron chi connectivity index (χ0n) is 20.3. The summed E-state index contributed by atoms with van der Waals surface area (Å²) in [4.78, 5) is 24.3. The number of benzene rings is 2. The van der Waals surface area contributed by atoms with Crippen molar-refractivity contribution in [3.63, 3.8) is 0 Å². The Kier molecular flexibility index (Phi) is 5.18. The average Bonchev–Trinajstić information content (AvgIpc) is 3.42. The van der Waals surface area contributed by atoms with Crippen LogP contribution in [0.2, 0.25) is 0 Å². The minimum atomic E-state index is -0.739. The first kappa shape index (κ1) is 22.2. The first-order valence-electron chi connectivity index (χ1n) is 11.8. The van der Waals surface area contributed by atoms with Crippen molar-refractivity contribution in [2.75, 3.05) is 23.3 Å². The lowest BCUT2D eigenvalue weighted by Gasteiger charge is -2.19. The van der Waals surface area contributed by atoms with Gasteiger partial charge in [-0.15, -0.1) is 0 Å². The molecule has 0 saturated carbocycles. The van der Waals surface area contributed by atoms with E-state index in [2.05, 4.69) is 25.3 Å². The van der Waals surface area contributed by atoms with Gasteiger partial charge in [0.2, 0.25) is 5.95 Å². The first-order chi connectivity index (χ1) is 17.3. The number of nitrogens with zero attached hydrogens (tertiary/aromatic N) is 7. The number of hydrogen-bond acceptors (Lipinski definition) is 9. The van der Waals surface area contributed by atoms with E-state index < -0.39 is 5.60 Å². The number of aliphatic hydroxyl groups is 1. The molecule has 36 heavy (non-hydrogen) atoms. The maximum Gasteiger partial charge on any atom is 0.226 e. The quantitative estimate of drug-likeness (QED) is 0.382. The zero-order valence-corrected chi connectivity index (χ0v) is 20.3. The van der Waals surface area contributed by atoms with Crippen LogP contribution in [-0.2, 0) is 7.05 Å². The number of β-amino-alcohol motifs (C(OH)–C–C–N with tert-alkyl or cyclic N) is 1. The van der Waals surface area contributed by atoms with Crippen LogP contribution in [0.1, 0.15) is 18.9 Å². The van der Waals surface area contributed by atoms with E-state index in [1.807, 2.05) is 66.8 Å². The largest absolute Gasteiger partial charge is 0.457 e. The maximum atomic E-state index is 10.3. The fourth-order valence-electron chi connectivity index (χ4n) is 4.49. The molecule has 1 atom stereocenters. The van der Waals surface area contributed by atoms with E-state index in [0.29, 0.717) is 42.3 Å². The molecule has 1 aliphatic heterocycles. The molecule has 5 aromatic rings. The lowest BCUT2D eigenvalue weighted by molar-refractivity contribution is 0.0838. The van der Waals surface area contributed by atoms with E-state index in [1.54, 1.807) is 12.5 Å². The monoisotopic (exact) mass is 482 g/mol. The second kappa shape index (κ2) is 8.42. The molecular weight excluding hydrogens is 456 g/mol. The van der Waals surface area contributed by atoms with Crippen molar-refractivity contribution in [3.8, 4) is 11.5 Å². The van der Waals surface area contributed by atoms with Crippen molar-refractivity contribution in [2.45, 2.75) is 25.9 Å². The zero-order chi connectivity index (χ0) is 24.9. The van der Waals surface area contributed by atoms with Gasteiger partial charge >= 0.3 is 0 Å². The van der Waals surface area contributed by atoms with Crippen LogP contribution in [-0.4, -0.2) is 53.3 Å². The summed E-state index contributed by atoms with van der Waals surface area (Å²) in [6, 6.07) is 11.8. The Labute approximate surface area is 207 Å². The molecular formula is C26H26N8O2. The van der Waals surface area contributed by atoms with Gasteiger partial charge in [0.15, 0.2) is 5.82 Å². The van der Waals surface area contributed by atoms with E-state index in [-0.39, 0.29) is 0 Å². The number of fused-ring (bicyclic) bond motifs is 2. The van der Waals surface area contributed by atoms with Gasteiger partial charge in [0.25, 0.3) is 0 Å². The third-order valence-electron chi connectivity index (χ3n) is 6.46. The van der Waals surface area contributed by atoms with Crippen LogP contribution in [0.25, 0.3) is 22.1 Å². The van der Waals surface area contributed by atoms with Crippen molar-refractivity contribution in [2.24, 2.45) is 7.05 Å². The molecule has 2 N–H and O–H groups in total. The van der Waals surface area contributed by atoms with Gasteiger partial charge < -0.3 is 24.6 Å². The fourth-order valence-corrected chi connectivity index (χ4v) is 4.49. The number of imidazole rings is 1. The molecule has 0 amide bonds. The van der Waals surface area contributed by atoms with E-state index in [4.69, 9.17) is 9.72 Å². The summed E-state index contributed by atoms with van der Waals surface area (Å²) >= 11 is 0. The molecule has 10 nitrogen and oxygen atoms in total. The first-order valence-corrected chi connectivity index (χ1v) is 11.8. The number of aromatic nitrogens is 6. The Morgan fingerprint density at radius 1 is 1.06 bits per heavy atom. The summed E-state index contributed by atoms with van der Waals surface area (Å²) < 4.78 is 8.12. The van der Waals surface area contributed by atoms with Crippen LogP contribution in [0.15, 0.2) is 55.2 Å². The second-order valence-corrected chi connectivity index (χ2v) is 9.51. The van der Waals surface area contributed by atoms with Crippen LogP contribution < -0.4 is 15.0 Å². The van der Waals surface area contributed by atoms with Crippen LogP contribution >= 0.6 is 0 Å². The van der Waals surface area contributed by atoms with Crippen LogP contribution in [0, 0.1) is 6.92 Å². The summed E-state index contributed by atoms with van der Waals surface area (Å²) in [5.74, 6) is 2.64. The molecule has 1 fully saturated rings. The van der Waals surface area contributed by atoms with Gasteiger partial charge in [-0.05, 0) is 56.2 Å². The van der Waals surface area contributed by atoms with Crippen molar-refractivity contribution < 1.29 is 9.84 Å². The normalized spacial score (nSPS) is 17.7. The third-order valence-corrected chi connectivity index (χ3v) is 6.46. The summed E-state index contributed by atoms with van der Waals surface area (Å²) in [6.07, 6.45) is 5.65. The van der Waals surface area contributed by atoms with E-state index in [1.165, 1.54) is 6.33 Å². The fraction of sp³-hybridized carbons (Fsp3) is 0.269. The van der Waals surface area contributed by atoms with E-state index in [0.717, 1.165) is 33.8 Å². The minimum Gasteiger partial charge on any atom is -0.457 e. The third kappa shape index (κ3) is 4.16. The molecule has 2 aromatic carbocycles. The Morgan fingerprint density at radius 3 is 2.75 bits per heavy atom. The number of anilines is 3. The van der Waals surface area contributed by atoms with Crippen molar-refractivity contribution in [1.29, 1.82) is 0 Å². The number of nitrogens with one attached hydrogen (secondary N) is 1. The molecule has 0 spiro atoms. The highest BCUT2D eigenvalue weighted by molar-refractivity contribution is 5.87. The molecule has 1 unspecified atom stereocenters. The lowest BCUT2D eigenvalue weighted by Crippen LogP contribution is -2.30. The summed E-state index contributed by atoms with van der Waals surface area (Å²) in [6.45, 7) is 5.01. The molecule has 1 saturated heterocycles. The maximum absolute atomic E-state index is 10.3. The highest BCUT2D eigenvalue weighted by Crippen LogP contribution is 2.31. The summed E-state index contributed by atoms with van der Waals surface area (Å²) in [5, 5.41) is 13.7. The van der Waals surface area contributed by atoms with E-state index >= 15 is 0 Å². The van der Waals surface area contributed by atoms with Gasteiger partial charge in [0.05, 0.1) is 29.2 Å². The van der Waals surface area contributed by atoms with Gasteiger partial charge in [-0.2, -0.15) is 0 Å². The predicted molar refractivity (Wildman–Crippen MR) is 138 cm³/mol. The highest BCUT2D eigenvalue weighted by atomic mass is 16.5. The van der Waals surface area contributed by atoms with Crippen molar-refractivity contribution in [1.82, 2.24) is 29.5 Å². The molecule has 0 radical (unpaired) electrons. The molecule has 1 aliphatic rings. The number of ether oxygens (including phenoxy) is 1. The van der Waals surface area contributed by atoms with E-state index in [9.17, 15) is 5.11 Å². The molecule has 6 rings (SSSR count). The van der Waals surface area contributed by atoms with Crippen LogP contribution in [0.3, 0.4) is 0 Å². The van der Waals surface area contributed by atoms with Crippen LogP contribution in [0.5, 0.6) is 11.5 Å². The van der Waals surface area contributed by atoms with Gasteiger partial charge in [-0.25, -0.2) is 24.9 Å². The Balaban J connectivity index is 1.25. The summed E-state index contributed by atoms with van der Waals surface area (Å²) in [5.41, 5.74) is 4.29. The minimum absolute atomic E-state index is 0.489. The summed E-state index contributed by atoms with van der Waals surface area (Å²) in [7, 11) is 1.97. The molecule has 10 heteroatoms. The standard InChI is InChI=1S/C26H26N8O2/c1-16-10-17(4-7-22(16)36-18-5-6-21-19(11-18)30-15-33(21)3)31-24-23-20(28-14-29-24)12-27-25(32-23)34-9-8-26(2,35)13-34/h4-7,10-12,14-15,35H,8-9,13H2,1-3H3,(H,28,29,31). The molecule has 4 heterocycles. The Hall–Kier alpha value is -4.31. The molecule has 182 valence electrons. The van der Waals surface area contributed by atoms with Crippen molar-refractivity contribution in [3.05, 3.63) is 60.8 Å². The van der Waals surface area contributed by atoms with Gasteiger partial charge in [-0.1, -0.05) is 0 Å². The van der Waals surface area contributed by atoms with Crippen molar-refractivity contribution >= 4 is 39.5 Å². The average molecular weight is 483 g/mol. The molecule has 0 bridgehead atoms. The SMILES string of the molecule is Cc1cc(Nc2ncnc3cnc(N4CCC(C)(O)C4)nc23)ccc1Oc1ccc2c(c1)ncn2C. The van der Waals surface area contributed by atoms with Gasteiger partial charge in [0.1, 0.15) is 28.9 Å². The predicted octanol–water partition coefficient (Wildman–Crippen LogP) is 4.11. The smallest absolute Gasteiger partial charge is 0.226 e. The van der Waals surface area contributed by atoms with Gasteiger partial charge in [-0.3, -0.25) is 0 Å².